The number of rotatable bonds is 2. The molecule has 0 aromatic heterocycles. The van der Waals surface area contributed by atoms with Gasteiger partial charge in [-0.25, -0.2) is 0 Å². The Balaban J connectivity index is 2.10. The number of para-hydroxylation sites is 1. The number of ether oxygens (including phenoxy) is 1. The summed E-state index contributed by atoms with van der Waals surface area (Å²) in [6.07, 6.45) is 1.88. The molecule has 2 aliphatic rings. The Labute approximate surface area is 119 Å². The van der Waals surface area contributed by atoms with E-state index in [0.29, 0.717) is 12.8 Å². The highest BCUT2D eigenvalue weighted by atomic mass is 16.5. The predicted molar refractivity (Wildman–Crippen MR) is 75.8 cm³/mol. The maximum absolute atomic E-state index is 12.6. The second kappa shape index (κ2) is 4.18. The van der Waals surface area contributed by atoms with E-state index in [1.807, 2.05) is 31.2 Å². The van der Waals surface area contributed by atoms with Crippen LogP contribution in [0.2, 0.25) is 0 Å². The van der Waals surface area contributed by atoms with Crippen LogP contribution < -0.4 is 4.74 Å². The third kappa shape index (κ3) is 1.52. The molecule has 1 aromatic carbocycles. The van der Waals surface area contributed by atoms with Gasteiger partial charge < -0.3 is 4.74 Å². The van der Waals surface area contributed by atoms with E-state index in [0.717, 1.165) is 17.7 Å². The van der Waals surface area contributed by atoms with Crippen LogP contribution >= 0.6 is 0 Å². The smallest absolute Gasteiger partial charge is 0.150 e. The summed E-state index contributed by atoms with van der Waals surface area (Å²) < 4.78 is 5.46. The van der Waals surface area contributed by atoms with Crippen molar-refractivity contribution >= 4 is 11.6 Å². The van der Waals surface area contributed by atoms with Crippen LogP contribution in [0.25, 0.3) is 0 Å². The molecule has 106 valence electrons. The van der Waals surface area contributed by atoms with E-state index < -0.39 is 5.41 Å². The second-order valence-corrected chi connectivity index (χ2v) is 6.49. The first-order valence-electron chi connectivity index (χ1n) is 7.14. The lowest BCUT2D eigenvalue weighted by atomic mass is 9.60. The Morgan fingerprint density at radius 1 is 1.15 bits per heavy atom. The second-order valence-electron chi connectivity index (χ2n) is 6.49. The van der Waals surface area contributed by atoms with Gasteiger partial charge in [0.2, 0.25) is 0 Å². The van der Waals surface area contributed by atoms with Crippen LogP contribution in [0, 0.1) is 11.3 Å². The van der Waals surface area contributed by atoms with Crippen molar-refractivity contribution in [2.45, 2.75) is 38.5 Å². The molecule has 2 saturated carbocycles. The molecule has 0 saturated heterocycles. The summed E-state index contributed by atoms with van der Waals surface area (Å²) >= 11 is 0. The SMILES string of the molecule is COc1ccccc1[C@]1(C)CC[C@]2(C)C(=O)C[C@H]1C2=O. The van der Waals surface area contributed by atoms with Crippen LogP contribution in [0.5, 0.6) is 5.75 Å². The normalized spacial score (nSPS) is 36.2. The Bertz CT molecular complexity index is 592. The first kappa shape index (κ1) is 13.3. The van der Waals surface area contributed by atoms with E-state index in [1.54, 1.807) is 7.11 Å². The summed E-state index contributed by atoms with van der Waals surface area (Å²) in [7, 11) is 1.65. The summed E-state index contributed by atoms with van der Waals surface area (Å²) in [6.45, 7) is 3.92. The molecule has 0 radical (unpaired) electrons. The maximum Gasteiger partial charge on any atom is 0.150 e. The molecule has 0 N–H and O–H groups in total. The highest BCUT2D eigenvalue weighted by molar-refractivity contribution is 6.15. The van der Waals surface area contributed by atoms with Crippen LogP contribution in [0.3, 0.4) is 0 Å². The van der Waals surface area contributed by atoms with Gasteiger partial charge in [-0.15, -0.1) is 0 Å². The van der Waals surface area contributed by atoms with Crippen molar-refractivity contribution in [2.24, 2.45) is 11.3 Å². The molecular formula is C17H20O3. The van der Waals surface area contributed by atoms with Gasteiger partial charge in [0, 0.05) is 23.3 Å². The van der Waals surface area contributed by atoms with Gasteiger partial charge in [-0.1, -0.05) is 25.1 Å². The molecule has 3 nitrogen and oxygen atoms in total. The summed E-state index contributed by atoms with van der Waals surface area (Å²) in [5.41, 5.74) is 0.0271. The van der Waals surface area contributed by atoms with Crippen molar-refractivity contribution < 1.29 is 14.3 Å². The van der Waals surface area contributed by atoms with E-state index >= 15 is 0 Å². The van der Waals surface area contributed by atoms with Crippen LogP contribution in [-0.4, -0.2) is 18.7 Å². The molecular weight excluding hydrogens is 252 g/mol. The van der Waals surface area contributed by atoms with Crippen molar-refractivity contribution in [3.05, 3.63) is 29.8 Å². The number of benzene rings is 1. The lowest BCUT2D eigenvalue weighted by Gasteiger charge is -2.41. The molecule has 3 heteroatoms. The minimum absolute atomic E-state index is 0.117. The van der Waals surface area contributed by atoms with E-state index in [-0.39, 0.29) is 22.9 Å². The van der Waals surface area contributed by atoms with Crippen molar-refractivity contribution in [3.8, 4) is 5.75 Å². The number of methoxy groups -OCH3 is 1. The number of ketones is 2. The molecule has 3 atom stereocenters. The zero-order valence-electron chi connectivity index (χ0n) is 12.2. The van der Waals surface area contributed by atoms with Gasteiger partial charge in [-0.3, -0.25) is 9.59 Å². The number of hydrogen-bond acceptors (Lipinski definition) is 3. The first-order chi connectivity index (χ1) is 9.43. The van der Waals surface area contributed by atoms with Crippen LogP contribution in [0.15, 0.2) is 24.3 Å². The zero-order chi connectivity index (χ0) is 14.5. The van der Waals surface area contributed by atoms with E-state index in [4.69, 9.17) is 4.74 Å². The molecule has 0 spiro atoms. The molecule has 2 aliphatic carbocycles. The van der Waals surface area contributed by atoms with E-state index in [1.165, 1.54) is 0 Å². The standard InChI is InChI=1S/C17H20O3/c1-16(11-6-4-5-7-13(11)20-3)8-9-17(2)14(18)10-12(16)15(17)19/h4-7,12H,8-10H2,1-3H3/t12-,16-,17+/m0/s1. The first-order valence-corrected chi connectivity index (χ1v) is 7.14. The summed E-state index contributed by atoms with van der Waals surface area (Å²) in [4.78, 5) is 24.9. The Hall–Kier alpha value is -1.64. The third-order valence-corrected chi connectivity index (χ3v) is 5.50. The zero-order valence-corrected chi connectivity index (χ0v) is 12.2. The monoisotopic (exact) mass is 272 g/mol. The van der Waals surface area contributed by atoms with Crippen LogP contribution in [-0.2, 0) is 15.0 Å². The van der Waals surface area contributed by atoms with Crippen molar-refractivity contribution in [3.63, 3.8) is 0 Å². The van der Waals surface area contributed by atoms with Gasteiger partial charge >= 0.3 is 0 Å². The largest absolute Gasteiger partial charge is 0.496 e. The molecule has 1 aromatic rings. The molecule has 3 rings (SSSR count). The predicted octanol–water partition coefficient (Wildman–Crippen LogP) is 2.91. The van der Waals surface area contributed by atoms with Gasteiger partial charge in [0.05, 0.1) is 12.5 Å². The highest BCUT2D eigenvalue weighted by Crippen LogP contribution is 2.56. The quantitative estimate of drug-likeness (QED) is 0.777. The molecule has 20 heavy (non-hydrogen) atoms. The van der Waals surface area contributed by atoms with Gasteiger partial charge in [0.1, 0.15) is 11.5 Å². The average molecular weight is 272 g/mol. The molecule has 0 amide bonds. The van der Waals surface area contributed by atoms with Gasteiger partial charge in [0.15, 0.2) is 5.78 Å². The molecule has 2 fully saturated rings. The van der Waals surface area contributed by atoms with E-state index in [2.05, 4.69) is 6.92 Å². The highest BCUT2D eigenvalue weighted by Gasteiger charge is 2.61. The summed E-state index contributed by atoms with van der Waals surface area (Å²) in [5, 5.41) is 0. The van der Waals surface area contributed by atoms with Crippen LogP contribution in [0.1, 0.15) is 38.7 Å². The number of carbonyl (C=O) groups is 2. The molecule has 0 unspecified atom stereocenters. The van der Waals surface area contributed by atoms with Gasteiger partial charge in [-0.2, -0.15) is 0 Å². The number of carbonyl (C=O) groups excluding carboxylic acids is 2. The molecule has 0 aliphatic heterocycles. The van der Waals surface area contributed by atoms with Crippen LogP contribution in [0.4, 0.5) is 0 Å². The summed E-state index contributed by atoms with van der Waals surface area (Å²) in [5.74, 6) is 0.851. The molecule has 0 heterocycles. The van der Waals surface area contributed by atoms with Crippen molar-refractivity contribution in [1.29, 1.82) is 0 Å². The Morgan fingerprint density at radius 2 is 1.85 bits per heavy atom. The maximum atomic E-state index is 12.6. The molecule has 2 bridgehead atoms. The number of fused-ring (bicyclic) bond motifs is 2. The van der Waals surface area contributed by atoms with E-state index in [9.17, 15) is 9.59 Å². The third-order valence-electron chi connectivity index (χ3n) is 5.50. The fraction of sp³-hybridized carbons (Fsp3) is 0.529. The minimum atomic E-state index is -0.730. The number of Topliss-reactive ketones (excluding diaryl/α,β-unsaturated/α-hetero) is 2. The topological polar surface area (TPSA) is 43.4 Å². The lowest BCUT2D eigenvalue weighted by molar-refractivity contribution is -0.138. The Morgan fingerprint density at radius 3 is 2.55 bits per heavy atom. The average Bonchev–Trinajstić information content (AvgIpc) is 2.62. The Kier molecular flexibility index (Phi) is 2.79. The van der Waals surface area contributed by atoms with Crippen molar-refractivity contribution in [1.82, 2.24) is 0 Å². The minimum Gasteiger partial charge on any atom is -0.496 e. The van der Waals surface area contributed by atoms with Gasteiger partial charge in [0.25, 0.3) is 0 Å². The number of hydrogen-bond donors (Lipinski definition) is 0. The summed E-state index contributed by atoms with van der Waals surface area (Å²) in [6, 6.07) is 7.85. The van der Waals surface area contributed by atoms with Gasteiger partial charge in [-0.05, 0) is 25.8 Å². The van der Waals surface area contributed by atoms with Crippen molar-refractivity contribution in [2.75, 3.05) is 7.11 Å². The fourth-order valence-electron chi connectivity index (χ4n) is 3.93. The fourth-order valence-corrected chi connectivity index (χ4v) is 3.93. The lowest BCUT2D eigenvalue weighted by Crippen LogP contribution is -2.45.